The molecule has 0 radical (unpaired) electrons. The fourth-order valence-electron chi connectivity index (χ4n) is 2.01. The molecule has 0 fully saturated rings. The van der Waals surface area contributed by atoms with Gasteiger partial charge in [0.15, 0.2) is 5.13 Å². The van der Waals surface area contributed by atoms with Gasteiger partial charge in [0.1, 0.15) is 6.61 Å². The number of nitrogens with zero attached hydrogens (tertiary/aromatic N) is 1. The Morgan fingerprint density at radius 3 is 2.72 bits per heavy atom. The van der Waals surface area contributed by atoms with Crippen LogP contribution in [0.15, 0.2) is 29.6 Å². The van der Waals surface area contributed by atoms with Crippen LogP contribution in [0.4, 0.5) is 5.13 Å². The lowest BCUT2D eigenvalue weighted by Gasteiger charge is -2.07. The molecule has 2 rings (SSSR count). The highest BCUT2D eigenvalue weighted by Gasteiger charge is 2.10. The van der Waals surface area contributed by atoms with Crippen molar-refractivity contribution in [2.24, 2.45) is 0 Å². The van der Waals surface area contributed by atoms with E-state index in [4.69, 9.17) is 4.74 Å². The summed E-state index contributed by atoms with van der Waals surface area (Å²) in [6.07, 6.45) is 0.0698. The number of thiazole rings is 1. The van der Waals surface area contributed by atoms with Crippen molar-refractivity contribution in [1.82, 2.24) is 10.3 Å². The smallest absolute Gasteiger partial charge is 0.307 e. The van der Waals surface area contributed by atoms with Gasteiger partial charge in [0.05, 0.1) is 12.1 Å². The molecular weight excluding hydrogens is 342 g/mol. The van der Waals surface area contributed by atoms with E-state index in [1.165, 1.54) is 18.3 Å². The summed E-state index contributed by atoms with van der Waals surface area (Å²) >= 11 is 1.26. The molecular formula is C17H19N3O4S. The first-order valence-electron chi connectivity index (χ1n) is 7.67. The van der Waals surface area contributed by atoms with Crippen molar-refractivity contribution in [2.45, 2.75) is 26.9 Å². The molecule has 0 aliphatic heterocycles. The molecule has 132 valence electrons. The largest absolute Gasteiger partial charge is 0.459 e. The lowest BCUT2D eigenvalue weighted by molar-refractivity contribution is -0.144. The highest BCUT2D eigenvalue weighted by molar-refractivity contribution is 7.13. The predicted molar refractivity (Wildman–Crippen MR) is 94.3 cm³/mol. The molecule has 0 atom stereocenters. The average molecular weight is 361 g/mol. The van der Waals surface area contributed by atoms with Gasteiger partial charge >= 0.3 is 5.97 Å². The van der Waals surface area contributed by atoms with Crippen LogP contribution in [0.25, 0.3) is 0 Å². The summed E-state index contributed by atoms with van der Waals surface area (Å²) in [5.74, 6) is -0.855. The van der Waals surface area contributed by atoms with Crippen LogP contribution in [0.1, 0.15) is 35.0 Å². The number of carbonyl (C=O) groups excluding carboxylic acids is 3. The van der Waals surface area contributed by atoms with Gasteiger partial charge in [-0.25, -0.2) is 4.98 Å². The van der Waals surface area contributed by atoms with Crippen molar-refractivity contribution in [3.8, 4) is 0 Å². The number of anilines is 1. The van der Waals surface area contributed by atoms with Gasteiger partial charge in [0.2, 0.25) is 5.91 Å². The summed E-state index contributed by atoms with van der Waals surface area (Å²) < 4.78 is 5.10. The van der Waals surface area contributed by atoms with Gasteiger partial charge in [-0.05, 0) is 18.6 Å². The van der Waals surface area contributed by atoms with E-state index in [-0.39, 0.29) is 31.4 Å². The van der Waals surface area contributed by atoms with Crippen molar-refractivity contribution in [3.05, 3.63) is 46.5 Å². The molecule has 2 amide bonds. The predicted octanol–water partition coefficient (Wildman–Crippen LogP) is 2.27. The minimum Gasteiger partial charge on any atom is -0.459 e. The minimum absolute atomic E-state index is 0.0284. The highest BCUT2D eigenvalue weighted by Crippen LogP contribution is 2.16. The quantitative estimate of drug-likeness (QED) is 0.738. The van der Waals surface area contributed by atoms with Gasteiger partial charge in [-0.15, -0.1) is 11.3 Å². The summed E-state index contributed by atoms with van der Waals surface area (Å²) in [5.41, 5.74) is 2.02. The van der Waals surface area contributed by atoms with Gasteiger partial charge in [0, 0.05) is 24.4 Å². The first kappa shape index (κ1) is 18.6. The number of aromatic nitrogens is 1. The lowest BCUT2D eigenvalue weighted by atomic mass is 10.1. The molecule has 25 heavy (non-hydrogen) atoms. The molecule has 0 bridgehead atoms. The van der Waals surface area contributed by atoms with Crippen LogP contribution >= 0.6 is 11.3 Å². The Balaban J connectivity index is 1.70. The van der Waals surface area contributed by atoms with Crippen LogP contribution in [0.5, 0.6) is 0 Å². The highest BCUT2D eigenvalue weighted by atomic mass is 32.1. The van der Waals surface area contributed by atoms with E-state index in [9.17, 15) is 14.4 Å². The van der Waals surface area contributed by atoms with Gasteiger partial charge in [0.25, 0.3) is 5.91 Å². The van der Waals surface area contributed by atoms with Crippen molar-refractivity contribution in [1.29, 1.82) is 0 Å². The molecule has 0 spiro atoms. The first-order chi connectivity index (χ1) is 12.0. The van der Waals surface area contributed by atoms with Gasteiger partial charge < -0.3 is 15.4 Å². The molecule has 2 N–H and O–H groups in total. The third-order valence-electron chi connectivity index (χ3n) is 3.22. The zero-order chi connectivity index (χ0) is 18.2. The number of carbonyl (C=O) groups is 3. The van der Waals surface area contributed by atoms with Crippen molar-refractivity contribution < 1.29 is 19.1 Å². The zero-order valence-corrected chi connectivity index (χ0v) is 14.8. The number of amides is 2. The Kier molecular flexibility index (Phi) is 6.64. The number of aryl methyl sites for hydroxylation is 1. The maximum atomic E-state index is 12.0. The molecule has 0 aliphatic carbocycles. The van der Waals surface area contributed by atoms with E-state index in [1.54, 1.807) is 17.5 Å². The molecule has 2 aromatic rings. The van der Waals surface area contributed by atoms with Crippen LogP contribution < -0.4 is 10.6 Å². The second kappa shape index (κ2) is 8.93. The summed E-state index contributed by atoms with van der Waals surface area (Å²) in [6.45, 7) is 3.47. The molecule has 1 aromatic carbocycles. The molecule has 0 saturated carbocycles. The lowest BCUT2D eigenvalue weighted by Crippen LogP contribution is -2.27. The number of ether oxygens (including phenoxy) is 1. The third-order valence-corrected chi connectivity index (χ3v) is 4.03. The Labute approximate surface area is 149 Å². The van der Waals surface area contributed by atoms with Gasteiger partial charge in [-0.2, -0.15) is 0 Å². The molecule has 0 aliphatic rings. The normalized spacial score (nSPS) is 10.2. The molecule has 8 heteroatoms. The van der Waals surface area contributed by atoms with E-state index < -0.39 is 5.97 Å². The van der Waals surface area contributed by atoms with Crippen LogP contribution in [0.3, 0.4) is 0 Å². The summed E-state index contributed by atoms with van der Waals surface area (Å²) in [7, 11) is 0. The van der Waals surface area contributed by atoms with E-state index >= 15 is 0 Å². The van der Waals surface area contributed by atoms with Crippen LogP contribution in [0, 0.1) is 6.92 Å². The molecule has 1 heterocycles. The topological polar surface area (TPSA) is 97.4 Å². The Morgan fingerprint density at radius 1 is 1.24 bits per heavy atom. The molecule has 7 nitrogen and oxygen atoms in total. The Bertz CT molecular complexity index is 773. The monoisotopic (exact) mass is 361 g/mol. The van der Waals surface area contributed by atoms with E-state index in [0.717, 1.165) is 5.56 Å². The Hall–Kier alpha value is -2.74. The van der Waals surface area contributed by atoms with Crippen LogP contribution in [-0.2, 0) is 20.9 Å². The van der Waals surface area contributed by atoms with Crippen LogP contribution in [-0.4, -0.2) is 29.3 Å². The average Bonchev–Trinajstić information content (AvgIpc) is 3.00. The fraction of sp³-hybridized carbons (Fsp3) is 0.294. The number of hydrogen-bond donors (Lipinski definition) is 2. The van der Waals surface area contributed by atoms with Gasteiger partial charge in [-0.1, -0.05) is 18.2 Å². The third kappa shape index (κ3) is 6.00. The maximum Gasteiger partial charge on any atom is 0.307 e. The summed E-state index contributed by atoms with van der Waals surface area (Å²) in [6, 6.07) is 7.24. The summed E-state index contributed by atoms with van der Waals surface area (Å²) in [4.78, 5) is 38.8. The second-order valence-corrected chi connectivity index (χ2v) is 6.16. The van der Waals surface area contributed by atoms with E-state index in [0.29, 0.717) is 16.4 Å². The molecule has 1 aromatic heterocycles. The first-order valence-corrected chi connectivity index (χ1v) is 8.55. The number of benzene rings is 1. The van der Waals surface area contributed by atoms with E-state index in [2.05, 4.69) is 15.6 Å². The van der Waals surface area contributed by atoms with Gasteiger partial charge in [-0.3, -0.25) is 14.4 Å². The zero-order valence-electron chi connectivity index (χ0n) is 14.0. The number of hydrogen-bond acceptors (Lipinski definition) is 6. The molecule has 0 unspecified atom stereocenters. The SMILES string of the molecule is CC(=O)Nc1nc(COC(=O)CCNC(=O)c2ccccc2C)cs1. The van der Waals surface area contributed by atoms with Crippen molar-refractivity contribution in [3.63, 3.8) is 0 Å². The Morgan fingerprint density at radius 2 is 2.00 bits per heavy atom. The maximum absolute atomic E-state index is 12.0. The summed E-state index contributed by atoms with van der Waals surface area (Å²) in [5, 5.41) is 7.42. The standard InChI is InChI=1S/C17H19N3O4S/c1-11-5-3-4-6-14(11)16(23)18-8-7-15(22)24-9-13-10-25-17(20-13)19-12(2)21/h3-6,10H,7-9H2,1-2H3,(H,18,23)(H,19,20,21). The number of nitrogens with one attached hydrogen (secondary N) is 2. The fourth-order valence-corrected chi connectivity index (χ4v) is 2.75. The van der Waals surface area contributed by atoms with E-state index in [1.807, 2.05) is 19.1 Å². The number of esters is 1. The minimum atomic E-state index is -0.431. The molecule has 0 saturated heterocycles. The van der Waals surface area contributed by atoms with Crippen LogP contribution in [0.2, 0.25) is 0 Å². The van der Waals surface area contributed by atoms with Crippen molar-refractivity contribution in [2.75, 3.05) is 11.9 Å². The second-order valence-electron chi connectivity index (χ2n) is 5.31. The number of rotatable bonds is 7. The van der Waals surface area contributed by atoms with Crippen molar-refractivity contribution >= 4 is 34.3 Å².